The van der Waals surface area contributed by atoms with Gasteiger partial charge in [-0.1, -0.05) is 12.1 Å². The number of hydrogen-bond donors (Lipinski definition) is 3. The minimum absolute atomic E-state index is 0.0658. The summed E-state index contributed by atoms with van der Waals surface area (Å²) in [5.74, 6) is 0.127. The standard InChI is InChI=1S/C14H14N2O2S/c1-7-8(2)19-14-11(7)13(18)15-12(16-14)9-4-3-5-10(17)6-9/h3-6,12,16-17H,1-2H3,(H,15,18)/t12-/m0/s1. The van der Waals surface area contributed by atoms with Crippen molar-refractivity contribution < 1.29 is 9.90 Å². The third kappa shape index (κ3) is 1.96. The van der Waals surface area contributed by atoms with Gasteiger partial charge in [0.15, 0.2) is 0 Å². The first-order valence-electron chi connectivity index (χ1n) is 6.02. The molecule has 98 valence electrons. The zero-order valence-corrected chi connectivity index (χ0v) is 11.5. The fraction of sp³-hybridized carbons (Fsp3) is 0.214. The lowest BCUT2D eigenvalue weighted by Crippen LogP contribution is -2.38. The van der Waals surface area contributed by atoms with Crippen molar-refractivity contribution in [3.05, 3.63) is 45.8 Å². The Kier molecular flexibility index (Phi) is 2.71. The van der Waals surface area contributed by atoms with E-state index in [2.05, 4.69) is 10.6 Å². The summed E-state index contributed by atoms with van der Waals surface area (Å²) in [6.07, 6.45) is -0.301. The van der Waals surface area contributed by atoms with E-state index in [0.29, 0.717) is 0 Å². The van der Waals surface area contributed by atoms with Gasteiger partial charge in [0.05, 0.1) is 5.56 Å². The Morgan fingerprint density at radius 3 is 2.79 bits per heavy atom. The van der Waals surface area contributed by atoms with Gasteiger partial charge in [0.2, 0.25) is 0 Å². The zero-order valence-electron chi connectivity index (χ0n) is 10.7. The smallest absolute Gasteiger partial charge is 0.256 e. The van der Waals surface area contributed by atoms with Gasteiger partial charge in [0.25, 0.3) is 5.91 Å². The normalized spacial score (nSPS) is 17.6. The van der Waals surface area contributed by atoms with E-state index < -0.39 is 0 Å². The van der Waals surface area contributed by atoms with Crippen molar-refractivity contribution in [2.24, 2.45) is 0 Å². The van der Waals surface area contributed by atoms with Gasteiger partial charge < -0.3 is 15.7 Å². The van der Waals surface area contributed by atoms with E-state index in [4.69, 9.17) is 0 Å². The molecule has 1 atom stereocenters. The number of aryl methyl sites for hydroxylation is 1. The molecule has 0 saturated carbocycles. The van der Waals surface area contributed by atoms with Crippen molar-refractivity contribution >= 4 is 22.2 Å². The van der Waals surface area contributed by atoms with Crippen LogP contribution in [0.25, 0.3) is 0 Å². The number of benzene rings is 1. The Morgan fingerprint density at radius 2 is 2.05 bits per heavy atom. The molecule has 0 bridgehead atoms. The monoisotopic (exact) mass is 274 g/mol. The third-order valence-electron chi connectivity index (χ3n) is 3.37. The molecule has 1 aliphatic heterocycles. The second kappa shape index (κ2) is 4.28. The lowest BCUT2D eigenvalue weighted by molar-refractivity contribution is 0.0935. The number of carbonyl (C=O) groups is 1. The number of carbonyl (C=O) groups excluding carboxylic acids is 1. The van der Waals surface area contributed by atoms with Crippen molar-refractivity contribution in [3.8, 4) is 5.75 Å². The number of aromatic hydroxyl groups is 1. The maximum atomic E-state index is 12.2. The maximum Gasteiger partial charge on any atom is 0.256 e. The quantitative estimate of drug-likeness (QED) is 0.749. The fourth-order valence-electron chi connectivity index (χ4n) is 2.24. The molecular formula is C14H14N2O2S. The predicted octanol–water partition coefficient (Wildman–Crippen LogP) is 2.92. The zero-order chi connectivity index (χ0) is 13.6. The van der Waals surface area contributed by atoms with Crippen molar-refractivity contribution in [1.29, 1.82) is 0 Å². The van der Waals surface area contributed by atoms with E-state index in [1.54, 1.807) is 29.5 Å². The van der Waals surface area contributed by atoms with Crippen LogP contribution in [0.2, 0.25) is 0 Å². The summed E-state index contributed by atoms with van der Waals surface area (Å²) in [4.78, 5) is 13.3. The second-order valence-electron chi connectivity index (χ2n) is 4.63. The average molecular weight is 274 g/mol. The molecule has 1 amide bonds. The van der Waals surface area contributed by atoms with Gasteiger partial charge in [-0.05, 0) is 37.1 Å². The van der Waals surface area contributed by atoms with Crippen LogP contribution in [0.1, 0.15) is 32.5 Å². The number of hydrogen-bond acceptors (Lipinski definition) is 4. The number of thiophene rings is 1. The van der Waals surface area contributed by atoms with E-state index in [1.165, 1.54) is 0 Å². The molecule has 4 nitrogen and oxygen atoms in total. The number of phenols is 1. The summed E-state index contributed by atoms with van der Waals surface area (Å²) in [7, 11) is 0. The Hall–Kier alpha value is -2.01. The Morgan fingerprint density at radius 1 is 1.26 bits per heavy atom. The maximum absolute atomic E-state index is 12.2. The first-order valence-corrected chi connectivity index (χ1v) is 6.84. The van der Waals surface area contributed by atoms with Crippen LogP contribution >= 0.6 is 11.3 Å². The highest BCUT2D eigenvalue weighted by Gasteiger charge is 2.28. The van der Waals surface area contributed by atoms with Gasteiger partial charge >= 0.3 is 0 Å². The molecule has 1 aliphatic rings. The first-order chi connectivity index (χ1) is 9.06. The highest BCUT2D eigenvalue weighted by Crippen LogP contribution is 2.37. The molecule has 0 aliphatic carbocycles. The van der Waals surface area contributed by atoms with E-state index in [1.807, 2.05) is 19.9 Å². The van der Waals surface area contributed by atoms with Gasteiger partial charge in [-0.3, -0.25) is 4.79 Å². The van der Waals surface area contributed by atoms with Crippen LogP contribution < -0.4 is 10.6 Å². The Bertz CT molecular complexity index is 663. The van der Waals surface area contributed by atoms with E-state index >= 15 is 0 Å². The van der Waals surface area contributed by atoms with Gasteiger partial charge in [-0.25, -0.2) is 0 Å². The lowest BCUT2D eigenvalue weighted by Gasteiger charge is -2.26. The molecule has 2 aromatic rings. The highest BCUT2D eigenvalue weighted by atomic mass is 32.1. The van der Waals surface area contributed by atoms with Crippen molar-refractivity contribution in [1.82, 2.24) is 5.32 Å². The van der Waals surface area contributed by atoms with Crippen LogP contribution in [0.4, 0.5) is 5.00 Å². The highest BCUT2D eigenvalue weighted by molar-refractivity contribution is 7.16. The number of fused-ring (bicyclic) bond motifs is 1. The minimum Gasteiger partial charge on any atom is -0.508 e. The van der Waals surface area contributed by atoms with Crippen molar-refractivity contribution in [2.75, 3.05) is 5.32 Å². The molecule has 0 radical (unpaired) electrons. The molecule has 0 fully saturated rings. The van der Waals surface area contributed by atoms with Crippen LogP contribution in [0.15, 0.2) is 24.3 Å². The lowest BCUT2D eigenvalue weighted by atomic mass is 10.1. The van der Waals surface area contributed by atoms with Crippen LogP contribution in [-0.2, 0) is 0 Å². The van der Waals surface area contributed by atoms with Crippen molar-refractivity contribution in [3.63, 3.8) is 0 Å². The Labute approximate surface area is 115 Å². The van der Waals surface area contributed by atoms with Gasteiger partial charge in [-0.15, -0.1) is 11.3 Å². The third-order valence-corrected chi connectivity index (χ3v) is 4.51. The van der Waals surface area contributed by atoms with E-state index in [0.717, 1.165) is 26.6 Å². The largest absolute Gasteiger partial charge is 0.508 e. The number of phenolic OH excluding ortho intramolecular Hbond substituents is 1. The summed E-state index contributed by atoms with van der Waals surface area (Å²) in [6, 6.07) is 6.89. The minimum atomic E-state index is -0.301. The molecule has 0 spiro atoms. The van der Waals surface area contributed by atoms with Gasteiger partial charge in [0.1, 0.15) is 16.9 Å². The summed E-state index contributed by atoms with van der Waals surface area (Å²) >= 11 is 1.59. The van der Waals surface area contributed by atoms with Crippen LogP contribution in [0, 0.1) is 13.8 Å². The molecule has 0 unspecified atom stereocenters. The number of nitrogens with one attached hydrogen (secondary N) is 2. The van der Waals surface area contributed by atoms with Gasteiger partial charge in [0, 0.05) is 4.88 Å². The van der Waals surface area contributed by atoms with Crippen LogP contribution in [-0.4, -0.2) is 11.0 Å². The molecule has 3 rings (SSSR count). The van der Waals surface area contributed by atoms with Gasteiger partial charge in [-0.2, -0.15) is 0 Å². The average Bonchev–Trinajstić information content (AvgIpc) is 2.65. The number of anilines is 1. The second-order valence-corrected chi connectivity index (χ2v) is 5.86. The molecule has 0 saturated heterocycles. The summed E-state index contributed by atoms with van der Waals surface area (Å²) in [6.45, 7) is 3.97. The molecule has 1 aromatic heterocycles. The summed E-state index contributed by atoms with van der Waals surface area (Å²) < 4.78 is 0. The summed E-state index contributed by atoms with van der Waals surface area (Å²) in [5.41, 5.74) is 2.60. The molecule has 5 heteroatoms. The molecular weight excluding hydrogens is 260 g/mol. The molecule has 1 aromatic carbocycles. The SMILES string of the molecule is Cc1sc2c(c1C)C(=O)N[C@H](c1cccc(O)c1)N2. The number of amides is 1. The summed E-state index contributed by atoms with van der Waals surface area (Å²) in [5, 5.41) is 16.6. The fourth-order valence-corrected chi connectivity index (χ4v) is 3.33. The first kappa shape index (κ1) is 12.0. The number of rotatable bonds is 1. The van der Waals surface area contributed by atoms with Crippen LogP contribution in [0.5, 0.6) is 5.75 Å². The van der Waals surface area contributed by atoms with Crippen molar-refractivity contribution in [2.45, 2.75) is 20.0 Å². The molecule has 2 heterocycles. The van der Waals surface area contributed by atoms with E-state index in [-0.39, 0.29) is 17.8 Å². The molecule has 19 heavy (non-hydrogen) atoms. The predicted molar refractivity (Wildman–Crippen MR) is 75.7 cm³/mol. The van der Waals surface area contributed by atoms with Crippen LogP contribution in [0.3, 0.4) is 0 Å². The topological polar surface area (TPSA) is 61.4 Å². The Balaban J connectivity index is 1.99. The van der Waals surface area contributed by atoms with E-state index in [9.17, 15) is 9.90 Å². The molecule has 3 N–H and O–H groups in total.